The van der Waals surface area contributed by atoms with Crippen LogP contribution in [0, 0.1) is 5.41 Å². The monoisotopic (exact) mass is 589 g/mol. The minimum atomic E-state index is -4.41. The van der Waals surface area contributed by atoms with Gasteiger partial charge in [-0.05, 0) is 72.9 Å². The highest BCUT2D eigenvalue weighted by Gasteiger charge is 2.34. The summed E-state index contributed by atoms with van der Waals surface area (Å²) < 4.78 is 17.0. The number of nitrogens with one attached hydrogen (secondary N) is 2. The van der Waals surface area contributed by atoms with Crippen LogP contribution in [0.1, 0.15) is 47.2 Å². The second-order valence-electron chi connectivity index (χ2n) is 12.2. The number of aromatic nitrogens is 1. The van der Waals surface area contributed by atoms with Crippen molar-refractivity contribution in [2.45, 2.75) is 53.2 Å². The van der Waals surface area contributed by atoms with Crippen LogP contribution in [0.15, 0.2) is 72.5 Å². The van der Waals surface area contributed by atoms with Crippen LogP contribution >= 0.6 is 7.60 Å². The van der Waals surface area contributed by atoms with E-state index in [0.29, 0.717) is 22.5 Å². The number of ether oxygens (including phenoxy) is 1. The summed E-state index contributed by atoms with van der Waals surface area (Å²) in [5, 5.41) is 8.19. The maximum atomic E-state index is 13.3. The molecular formula is C32H36N3O6P. The van der Waals surface area contributed by atoms with E-state index in [4.69, 9.17) is 4.74 Å². The molecule has 9 nitrogen and oxygen atoms in total. The number of hydrogen-bond acceptors (Lipinski definition) is 5. The molecule has 4 rings (SSSR count). The molecule has 2 amide bonds. The summed E-state index contributed by atoms with van der Waals surface area (Å²) in [5.41, 5.74) is 1.88. The van der Waals surface area contributed by atoms with E-state index in [-0.39, 0.29) is 5.91 Å². The number of carbonyl (C=O) groups excluding carboxylic acids is 2. The van der Waals surface area contributed by atoms with Gasteiger partial charge in [0, 0.05) is 22.5 Å². The molecule has 0 saturated carbocycles. The molecule has 3 aromatic carbocycles. The summed E-state index contributed by atoms with van der Waals surface area (Å²) in [6.45, 7) is 10.8. The number of para-hydroxylation sites is 1. The van der Waals surface area contributed by atoms with Crippen molar-refractivity contribution < 1.29 is 28.7 Å². The molecule has 42 heavy (non-hydrogen) atoms. The number of carbonyl (C=O) groups is 2. The largest absolute Gasteiger partial charge is 0.444 e. The number of alkyl carbamates (subject to hydrolysis) is 1. The van der Waals surface area contributed by atoms with E-state index < -0.39 is 30.7 Å². The van der Waals surface area contributed by atoms with Gasteiger partial charge in [-0.1, -0.05) is 63.2 Å². The van der Waals surface area contributed by atoms with Crippen molar-refractivity contribution in [2.75, 3.05) is 5.32 Å². The van der Waals surface area contributed by atoms with Crippen molar-refractivity contribution in [1.82, 2.24) is 10.3 Å². The first-order valence-corrected chi connectivity index (χ1v) is 15.2. The molecule has 1 unspecified atom stereocenters. The van der Waals surface area contributed by atoms with Crippen molar-refractivity contribution in [2.24, 2.45) is 5.41 Å². The molecule has 0 spiro atoms. The standard InChI is InChI=1S/C32H36N3O6P/c1-31(2,3)28(35-30(37)41-32(4,5)6)29(36)33-22-14-15-23-20(18-22)11-9-12-24(23)25-19-21-10-7-8-13-26(21)34-27(25)16-17-42(38,39)40/h7-19,28H,1-6H3,(H,33,36)(H,35,37)(H2,38,39,40)/b17-16+. The highest BCUT2D eigenvalue weighted by Crippen LogP contribution is 2.39. The summed E-state index contributed by atoms with van der Waals surface area (Å²) >= 11 is 0. The van der Waals surface area contributed by atoms with Crippen LogP contribution in [0.2, 0.25) is 0 Å². The van der Waals surface area contributed by atoms with E-state index in [9.17, 15) is 23.9 Å². The van der Waals surface area contributed by atoms with Crippen molar-refractivity contribution in [3.8, 4) is 11.1 Å². The average molecular weight is 590 g/mol. The second-order valence-corrected chi connectivity index (χ2v) is 13.7. The lowest BCUT2D eigenvalue weighted by Crippen LogP contribution is -2.52. The number of amides is 2. The molecule has 0 radical (unpaired) electrons. The highest BCUT2D eigenvalue weighted by molar-refractivity contribution is 7.55. The molecule has 0 aliphatic carbocycles. The quantitative estimate of drug-likeness (QED) is 0.176. The fraction of sp³-hybridized carbons (Fsp3) is 0.281. The number of anilines is 1. The molecule has 0 aliphatic heterocycles. The van der Waals surface area contributed by atoms with Crippen molar-refractivity contribution in [1.29, 1.82) is 0 Å². The third kappa shape index (κ3) is 7.82. The van der Waals surface area contributed by atoms with Crippen LogP contribution < -0.4 is 10.6 Å². The Hall–Kier alpha value is -4.04. The number of fused-ring (bicyclic) bond motifs is 2. The van der Waals surface area contributed by atoms with Gasteiger partial charge in [0.15, 0.2) is 0 Å². The Bertz CT molecular complexity index is 1730. The van der Waals surface area contributed by atoms with Gasteiger partial charge in [0.05, 0.1) is 11.2 Å². The zero-order valence-electron chi connectivity index (χ0n) is 24.5. The van der Waals surface area contributed by atoms with E-state index >= 15 is 0 Å². The Kier molecular flexibility index (Phi) is 8.60. The number of rotatable bonds is 6. The zero-order chi connectivity index (χ0) is 30.9. The lowest BCUT2D eigenvalue weighted by molar-refractivity contribution is -0.120. The van der Waals surface area contributed by atoms with Crippen LogP contribution in [0.25, 0.3) is 38.9 Å². The predicted molar refractivity (Wildman–Crippen MR) is 167 cm³/mol. The van der Waals surface area contributed by atoms with Gasteiger partial charge in [-0.3, -0.25) is 9.36 Å². The maximum absolute atomic E-state index is 13.3. The maximum Gasteiger partial charge on any atom is 0.408 e. The van der Waals surface area contributed by atoms with Crippen molar-refractivity contribution in [3.63, 3.8) is 0 Å². The minimum absolute atomic E-state index is 0.382. The fourth-order valence-electron chi connectivity index (χ4n) is 4.55. The Morgan fingerprint density at radius 3 is 2.26 bits per heavy atom. The lowest BCUT2D eigenvalue weighted by Gasteiger charge is -2.31. The highest BCUT2D eigenvalue weighted by atomic mass is 31.2. The van der Waals surface area contributed by atoms with E-state index in [0.717, 1.165) is 27.5 Å². The first kappa shape index (κ1) is 30.9. The van der Waals surface area contributed by atoms with E-state index in [2.05, 4.69) is 15.6 Å². The Morgan fingerprint density at radius 1 is 0.905 bits per heavy atom. The van der Waals surface area contributed by atoms with E-state index in [1.54, 1.807) is 26.8 Å². The van der Waals surface area contributed by atoms with Gasteiger partial charge in [-0.2, -0.15) is 0 Å². The van der Waals surface area contributed by atoms with Crippen LogP contribution in [0.3, 0.4) is 0 Å². The van der Waals surface area contributed by atoms with Gasteiger partial charge in [0.2, 0.25) is 5.91 Å². The fourth-order valence-corrected chi connectivity index (χ4v) is 4.89. The Morgan fingerprint density at radius 2 is 1.60 bits per heavy atom. The number of hydrogen-bond donors (Lipinski definition) is 4. The third-order valence-electron chi connectivity index (χ3n) is 6.41. The molecule has 10 heteroatoms. The molecule has 1 aromatic heterocycles. The second kappa shape index (κ2) is 11.7. The van der Waals surface area contributed by atoms with Gasteiger partial charge >= 0.3 is 13.7 Å². The molecule has 0 saturated heterocycles. The van der Waals surface area contributed by atoms with E-state index in [1.807, 2.05) is 81.4 Å². The van der Waals surface area contributed by atoms with Gasteiger partial charge in [0.1, 0.15) is 11.6 Å². The molecule has 0 bridgehead atoms. The molecular weight excluding hydrogens is 553 g/mol. The van der Waals surface area contributed by atoms with Crippen LogP contribution in [-0.2, 0) is 14.1 Å². The SMILES string of the molecule is CC(C)(C)OC(=O)NC(C(=O)Nc1ccc2c(-c3cc4ccccc4nc3/C=C/P(=O)(O)O)cccc2c1)C(C)(C)C. The first-order valence-electron chi connectivity index (χ1n) is 13.5. The molecule has 220 valence electrons. The normalized spacial score (nSPS) is 13.3. The van der Waals surface area contributed by atoms with Crippen molar-refractivity contribution >= 4 is 53.0 Å². The van der Waals surface area contributed by atoms with Gasteiger partial charge in [0.25, 0.3) is 0 Å². The molecule has 4 N–H and O–H groups in total. The molecule has 1 atom stereocenters. The minimum Gasteiger partial charge on any atom is -0.444 e. The first-order chi connectivity index (χ1) is 19.5. The summed E-state index contributed by atoms with van der Waals surface area (Å²) in [6, 6.07) is 19.8. The lowest BCUT2D eigenvalue weighted by atomic mass is 9.86. The van der Waals surface area contributed by atoms with Crippen LogP contribution in [0.4, 0.5) is 10.5 Å². The zero-order valence-corrected chi connectivity index (χ0v) is 25.4. The van der Waals surface area contributed by atoms with Gasteiger partial charge < -0.3 is 25.2 Å². The summed E-state index contributed by atoms with van der Waals surface area (Å²) in [7, 11) is -4.41. The summed E-state index contributed by atoms with van der Waals surface area (Å²) in [6.07, 6.45) is 0.675. The van der Waals surface area contributed by atoms with Crippen molar-refractivity contribution in [3.05, 3.63) is 78.2 Å². The number of pyridine rings is 1. The molecule has 1 heterocycles. The predicted octanol–water partition coefficient (Wildman–Crippen LogP) is 7.08. The van der Waals surface area contributed by atoms with Crippen LogP contribution in [-0.4, -0.2) is 38.4 Å². The smallest absolute Gasteiger partial charge is 0.408 e. The summed E-state index contributed by atoms with van der Waals surface area (Å²) in [4.78, 5) is 49.4. The van der Waals surface area contributed by atoms with Gasteiger partial charge in [-0.25, -0.2) is 9.78 Å². The van der Waals surface area contributed by atoms with Gasteiger partial charge in [-0.15, -0.1) is 0 Å². The molecule has 0 fully saturated rings. The number of benzene rings is 3. The average Bonchev–Trinajstić information content (AvgIpc) is 2.87. The third-order valence-corrected chi connectivity index (χ3v) is 6.94. The Labute approximate surface area is 245 Å². The molecule has 0 aliphatic rings. The molecule has 4 aromatic rings. The summed E-state index contributed by atoms with van der Waals surface area (Å²) in [5.74, 6) is 0.469. The number of nitrogens with zero attached hydrogens (tertiary/aromatic N) is 1. The Balaban J connectivity index is 1.71. The van der Waals surface area contributed by atoms with E-state index in [1.165, 1.54) is 6.08 Å². The topological polar surface area (TPSA) is 138 Å². The van der Waals surface area contributed by atoms with Crippen LogP contribution in [0.5, 0.6) is 0 Å².